The zero-order valence-electron chi connectivity index (χ0n) is 35.3. The van der Waals surface area contributed by atoms with Crippen LogP contribution in [0.5, 0.6) is 0 Å². The van der Waals surface area contributed by atoms with E-state index < -0.39 is 44.4 Å². The molecule has 308 valence electrons. The van der Waals surface area contributed by atoms with Gasteiger partial charge in [0.25, 0.3) is 5.91 Å². The summed E-state index contributed by atoms with van der Waals surface area (Å²) in [4.78, 5) is 45.8. The second kappa shape index (κ2) is 12.6. The number of benzene rings is 3. The van der Waals surface area contributed by atoms with Gasteiger partial charge in [-0.1, -0.05) is 131 Å². The van der Waals surface area contributed by atoms with Crippen molar-refractivity contribution in [2.45, 2.75) is 116 Å². The van der Waals surface area contributed by atoms with Crippen LogP contribution in [0.2, 0.25) is 0 Å². The van der Waals surface area contributed by atoms with Gasteiger partial charge >= 0.3 is 5.97 Å². The molecule has 2 spiro atoms. The highest BCUT2D eigenvalue weighted by atomic mass is 16.6. The van der Waals surface area contributed by atoms with E-state index in [1.807, 2.05) is 93.6 Å². The number of nitrogens with zero attached hydrogens (tertiary/aromatic N) is 1. The van der Waals surface area contributed by atoms with Gasteiger partial charge < -0.3 is 19.8 Å². The zero-order valence-corrected chi connectivity index (χ0v) is 35.3. The average molecular weight is 794 g/mol. The highest BCUT2D eigenvalue weighted by Crippen LogP contribution is 2.78. The molecule has 7 heteroatoms. The van der Waals surface area contributed by atoms with Crippen LogP contribution >= 0.6 is 0 Å². The number of rotatable bonds is 8. The molecule has 7 nitrogen and oxygen atoms in total. The molecule has 1 heterocycles. The van der Waals surface area contributed by atoms with Crippen LogP contribution in [0, 0.1) is 44.3 Å². The van der Waals surface area contributed by atoms with Crippen LogP contribution in [0.3, 0.4) is 0 Å². The number of hydrogen-bond donors (Lipinski definition) is 2. The summed E-state index contributed by atoms with van der Waals surface area (Å²) in [6.07, 6.45) is 12.5. The number of carbonyl (C=O) groups excluding carboxylic acids is 3. The average Bonchev–Trinajstić information content (AvgIpc) is 3.68. The van der Waals surface area contributed by atoms with Crippen LogP contribution < -0.4 is 0 Å². The first-order valence-corrected chi connectivity index (χ1v) is 22.1. The molecule has 1 amide bonds. The molecule has 0 radical (unpaired) electrons. The van der Waals surface area contributed by atoms with Crippen LogP contribution in [-0.2, 0) is 20.9 Å². The van der Waals surface area contributed by atoms with Gasteiger partial charge in [-0.05, 0) is 98.7 Å². The number of hydrogen-bond acceptors (Lipinski definition) is 6. The van der Waals surface area contributed by atoms with E-state index in [4.69, 9.17) is 4.74 Å². The number of esters is 1. The van der Waals surface area contributed by atoms with Crippen LogP contribution in [-0.4, -0.2) is 56.6 Å². The van der Waals surface area contributed by atoms with Crippen molar-refractivity contribution < 1.29 is 29.3 Å². The van der Waals surface area contributed by atoms with Crippen molar-refractivity contribution in [3.05, 3.63) is 120 Å². The molecule has 5 fully saturated rings. The normalized spacial score (nSPS) is 40.8. The van der Waals surface area contributed by atoms with Crippen molar-refractivity contribution in [1.29, 1.82) is 0 Å². The topological polar surface area (TPSA) is 104 Å². The Hall–Kier alpha value is -4.33. The quantitative estimate of drug-likeness (QED) is 0.134. The largest absolute Gasteiger partial charge is 0.448 e. The van der Waals surface area contributed by atoms with Crippen molar-refractivity contribution in [2.75, 3.05) is 6.54 Å². The summed E-state index contributed by atoms with van der Waals surface area (Å²) in [7, 11) is 0. The van der Waals surface area contributed by atoms with Gasteiger partial charge in [-0.2, -0.15) is 0 Å². The summed E-state index contributed by atoms with van der Waals surface area (Å²) >= 11 is 0. The minimum Gasteiger partial charge on any atom is -0.448 e. The van der Waals surface area contributed by atoms with Crippen molar-refractivity contribution in [3.63, 3.8) is 0 Å². The summed E-state index contributed by atoms with van der Waals surface area (Å²) in [5, 5.41) is 24.6. The summed E-state index contributed by atoms with van der Waals surface area (Å²) in [5.74, 6) is -0.439. The summed E-state index contributed by atoms with van der Waals surface area (Å²) in [6.45, 7) is 10.9. The van der Waals surface area contributed by atoms with Crippen LogP contribution in [0.25, 0.3) is 11.1 Å². The summed E-state index contributed by atoms with van der Waals surface area (Å²) < 4.78 is 6.18. The molecule has 1 unspecified atom stereocenters. The minimum absolute atomic E-state index is 0.0229. The van der Waals surface area contributed by atoms with E-state index in [-0.39, 0.29) is 48.0 Å². The van der Waals surface area contributed by atoms with Crippen molar-refractivity contribution in [2.24, 2.45) is 44.3 Å². The van der Waals surface area contributed by atoms with E-state index >= 15 is 9.59 Å². The third-order valence-corrected chi connectivity index (χ3v) is 18.6. The lowest BCUT2D eigenvalue weighted by atomic mass is 9.32. The molecule has 2 N–H and O–H groups in total. The van der Waals surface area contributed by atoms with Crippen molar-refractivity contribution in [1.82, 2.24) is 4.90 Å². The molecule has 11 rings (SSSR count). The SMILES string of the molecule is CC1(C)[C@@]2(C)CC[C@]1(C(=O)N(Cc1ccccc1)C[C@]1(O)CC[C@H]3[C@]45C=C[C@@]6(C=C4C(=O)c4ccc(-c7ccccc7)cc4)CC(O)CC[C@]6(C)[C@H]5CC[C@@]31C)OC2=O. The van der Waals surface area contributed by atoms with Gasteiger partial charge in [-0.15, -0.1) is 0 Å². The Kier molecular flexibility index (Phi) is 8.30. The van der Waals surface area contributed by atoms with Crippen LogP contribution in [0.4, 0.5) is 0 Å². The van der Waals surface area contributed by atoms with E-state index in [9.17, 15) is 15.0 Å². The Labute approximate surface area is 348 Å². The summed E-state index contributed by atoms with van der Waals surface area (Å²) in [6, 6.07) is 28.1. The molecular formula is C52H59NO6. The molecule has 7 aliphatic carbocycles. The molecule has 3 aromatic rings. The second-order valence-electron chi connectivity index (χ2n) is 20.9. The monoisotopic (exact) mass is 793 g/mol. The lowest BCUT2D eigenvalue weighted by molar-refractivity contribution is -0.187. The van der Waals surface area contributed by atoms with Crippen molar-refractivity contribution >= 4 is 17.7 Å². The molecule has 1 aliphatic heterocycles. The molecule has 3 aromatic carbocycles. The number of ketones is 1. The molecule has 4 saturated carbocycles. The van der Waals surface area contributed by atoms with Gasteiger partial charge in [-0.25, -0.2) is 0 Å². The number of aliphatic hydroxyl groups is 2. The van der Waals surface area contributed by atoms with Crippen LogP contribution in [0.15, 0.2) is 109 Å². The Morgan fingerprint density at radius 1 is 0.746 bits per heavy atom. The molecule has 8 aliphatic rings. The lowest BCUT2D eigenvalue weighted by Crippen LogP contribution is -2.67. The zero-order chi connectivity index (χ0) is 41.4. The third kappa shape index (κ3) is 4.86. The Morgan fingerprint density at radius 3 is 2.03 bits per heavy atom. The fraction of sp³-hybridized carbons (Fsp3) is 0.519. The standard InChI is InChI=1S/C52H59NO6/c1-45(2)48(5)26-29-52(45,59-44(48)57)43(56)53(32-34-12-8-6-9-13-34)33-50(58)25-22-41-47(50,4)24-21-40-46(3)23-20-38(54)30-49(46)27-28-51(40,41)39(31-49)42(55)37-18-16-36(17-19-37)35-14-10-7-11-15-35/h6-19,27-28,31,38,40-41,54,58H,20-26,29-30,32-33H2,1-5H3/t38?,40-,41-,46-,47+,48+,49+,50-,51-,52-/m1/s1. The third-order valence-electron chi connectivity index (χ3n) is 18.6. The Morgan fingerprint density at radius 2 is 1.37 bits per heavy atom. The second-order valence-corrected chi connectivity index (χ2v) is 20.9. The van der Waals surface area contributed by atoms with Gasteiger partial charge in [0.2, 0.25) is 0 Å². The van der Waals surface area contributed by atoms with Crippen molar-refractivity contribution in [3.8, 4) is 11.1 Å². The highest BCUT2D eigenvalue weighted by Gasteiger charge is 2.78. The Bertz CT molecular complexity index is 2300. The minimum atomic E-state index is -1.31. The smallest absolute Gasteiger partial charge is 0.313 e. The van der Waals surface area contributed by atoms with Gasteiger partial charge in [0.15, 0.2) is 11.4 Å². The molecular weight excluding hydrogens is 735 g/mol. The lowest BCUT2D eigenvalue weighted by Gasteiger charge is -2.71. The number of Topliss-reactive ketones (excluding diaryl/α,β-unsaturated/α-hetero) is 1. The van der Waals surface area contributed by atoms with Gasteiger partial charge in [0.05, 0.1) is 23.7 Å². The van der Waals surface area contributed by atoms with Gasteiger partial charge in [0.1, 0.15) is 0 Å². The summed E-state index contributed by atoms with van der Waals surface area (Å²) in [5.41, 5.74) is -1.39. The maximum absolute atomic E-state index is 15.3. The number of ether oxygens (including phenoxy) is 1. The first kappa shape index (κ1) is 38.8. The van der Waals surface area contributed by atoms with Crippen LogP contribution in [0.1, 0.15) is 108 Å². The Balaban J connectivity index is 1.05. The van der Waals surface area contributed by atoms with E-state index in [0.29, 0.717) is 37.7 Å². The molecule has 0 aromatic heterocycles. The number of carbonyl (C=O) groups is 3. The number of fused-ring (bicyclic) bond motifs is 3. The van der Waals surface area contributed by atoms with E-state index in [1.54, 1.807) is 4.90 Å². The number of amides is 1. The maximum Gasteiger partial charge on any atom is 0.313 e. The molecule has 10 atom stereocenters. The van der Waals surface area contributed by atoms with E-state index in [0.717, 1.165) is 47.9 Å². The molecule has 4 bridgehead atoms. The predicted octanol–water partition coefficient (Wildman–Crippen LogP) is 9.28. The fourth-order valence-electron chi connectivity index (χ4n) is 14.5. The maximum atomic E-state index is 15.3. The first-order chi connectivity index (χ1) is 28.0. The molecule has 1 saturated heterocycles. The number of aliphatic hydroxyl groups excluding tert-OH is 1. The van der Waals surface area contributed by atoms with Gasteiger partial charge in [-0.3, -0.25) is 14.4 Å². The number of allylic oxidation sites excluding steroid dienone is 4. The fourth-order valence-corrected chi connectivity index (χ4v) is 14.5. The van der Waals surface area contributed by atoms with E-state index in [1.165, 1.54) is 0 Å². The highest BCUT2D eigenvalue weighted by molar-refractivity contribution is 6.10. The van der Waals surface area contributed by atoms with E-state index in [2.05, 4.69) is 44.2 Å². The predicted molar refractivity (Wildman–Crippen MR) is 227 cm³/mol. The first-order valence-electron chi connectivity index (χ1n) is 22.1. The molecule has 59 heavy (non-hydrogen) atoms. The van der Waals surface area contributed by atoms with Gasteiger partial charge in [0, 0.05) is 39.3 Å².